The van der Waals surface area contributed by atoms with E-state index in [1.54, 1.807) is 12.1 Å². The molecule has 0 unspecified atom stereocenters. The van der Waals surface area contributed by atoms with Gasteiger partial charge in [-0.05, 0) is 75.6 Å². The molecule has 0 bridgehead atoms. The number of hydrogen-bond acceptors (Lipinski definition) is 6. The number of aromatic amines is 1. The highest BCUT2D eigenvalue weighted by Crippen LogP contribution is 2.29. The number of nitrogens with zero attached hydrogens (tertiary/aromatic N) is 4. The second-order valence-electron chi connectivity index (χ2n) is 9.74. The summed E-state index contributed by atoms with van der Waals surface area (Å²) in [5, 5.41) is 14.7. The molecule has 0 radical (unpaired) electrons. The van der Waals surface area contributed by atoms with E-state index in [1.165, 1.54) is 36.2 Å². The van der Waals surface area contributed by atoms with E-state index in [0.717, 1.165) is 73.7 Å². The summed E-state index contributed by atoms with van der Waals surface area (Å²) < 4.78 is 13.3. The minimum atomic E-state index is -0.233. The van der Waals surface area contributed by atoms with Crippen LogP contribution in [0.4, 0.5) is 16.2 Å². The van der Waals surface area contributed by atoms with Gasteiger partial charge in [0, 0.05) is 55.6 Å². The van der Waals surface area contributed by atoms with Crippen LogP contribution >= 0.6 is 0 Å². The zero-order valence-corrected chi connectivity index (χ0v) is 20.1. The minimum absolute atomic E-state index is 0.233. The molecule has 0 spiro atoms. The fourth-order valence-electron chi connectivity index (χ4n) is 5.19. The Morgan fingerprint density at radius 1 is 1.00 bits per heavy atom. The molecule has 0 amide bonds. The third kappa shape index (κ3) is 5.06. The SMILES string of the molecule is CN(C)c1nc(N[C@H]2CC[C@@H](NCc3c[nH]nc3-c3ccc(F)cc3)CC2)nc2c1CCCC2. The molecule has 2 aliphatic carbocycles. The van der Waals surface area contributed by atoms with Gasteiger partial charge >= 0.3 is 0 Å². The van der Waals surface area contributed by atoms with Gasteiger partial charge < -0.3 is 15.5 Å². The van der Waals surface area contributed by atoms with Crippen molar-refractivity contribution in [1.82, 2.24) is 25.5 Å². The van der Waals surface area contributed by atoms with Gasteiger partial charge in [0.15, 0.2) is 0 Å². The lowest BCUT2D eigenvalue weighted by molar-refractivity contribution is 0.352. The Hall–Kier alpha value is -3.00. The Kier molecular flexibility index (Phi) is 6.76. The Labute approximate surface area is 200 Å². The molecule has 2 aromatic heterocycles. The molecule has 0 saturated heterocycles. The van der Waals surface area contributed by atoms with Crippen LogP contribution in [0.2, 0.25) is 0 Å². The van der Waals surface area contributed by atoms with Crippen LogP contribution in [-0.2, 0) is 19.4 Å². The third-order valence-corrected chi connectivity index (χ3v) is 7.06. The highest BCUT2D eigenvalue weighted by atomic mass is 19.1. The number of benzene rings is 1. The number of anilines is 2. The number of H-pyrrole nitrogens is 1. The third-order valence-electron chi connectivity index (χ3n) is 7.06. The van der Waals surface area contributed by atoms with Gasteiger partial charge in [-0.1, -0.05) is 0 Å². The second kappa shape index (κ2) is 10.1. The number of rotatable bonds is 7. The summed E-state index contributed by atoms with van der Waals surface area (Å²) in [5.74, 6) is 1.62. The molecule has 5 rings (SSSR count). The zero-order valence-electron chi connectivity index (χ0n) is 20.1. The zero-order chi connectivity index (χ0) is 23.5. The topological polar surface area (TPSA) is 81.8 Å². The number of aryl methyl sites for hydroxylation is 1. The normalized spacial score (nSPS) is 20.1. The van der Waals surface area contributed by atoms with Crippen molar-refractivity contribution >= 4 is 11.8 Å². The van der Waals surface area contributed by atoms with E-state index >= 15 is 0 Å². The molecule has 0 atom stereocenters. The van der Waals surface area contributed by atoms with Gasteiger partial charge in [-0.3, -0.25) is 5.10 Å². The predicted molar refractivity (Wildman–Crippen MR) is 133 cm³/mol. The number of hydrogen-bond donors (Lipinski definition) is 3. The van der Waals surface area contributed by atoms with E-state index in [0.29, 0.717) is 12.1 Å². The summed E-state index contributed by atoms with van der Waals surface area (Å²) in [4.78, 5) is 11.9. The Balaban J connectivity index is 1.16. The summed E-state index contributed by atoms with van der Waals surface area (Å²) in [6.07, 6.45) is 10.9. The molecule has 34 heavy (non-hydrogen) atoms. The molecule has 2 aliphatic rings. The van der Waals surface area contributed by atoms with Crippen LogP contribution in [0.1, 0.15) is 55.3 Å². The number of aromatic nitrogens is 4. The monoisotopic (exact) mass is 463 g/mol. The maximum atomic E-state index is 13.3. The quantitative estimate of drug-likeness (QED) is 0.480. The Bertz CT molecular complexity index is 1100. The van der Waals surface area contributed by atoms with Crippen molar-refractivity contribution in [3.05, 3.63) is 53.1 Å². The average Bonchev–Trinajstić information content (AvgIpc) is 3.32. The van der Waals surface area contributed by atoms with Crippen LogP contribution in [0, 0.1) is 5.82 Å². The minimum Gasteiger partial charge on any atom is -0.362 e. The summed E-state index contributed by atoms with van der Waals surface area (Å²) >= 11 is 0. The summed E-state index contributed by atoms with van der Waals surface area (Å²) in [6, 6.07) is 7.37. The Morgan fingerprint density at radius 3 is 2.50 bits per heavy atom. The van der Waals surface area contributed by atoms with Crippen molar-refractivity contribution in [2.24, 2.45) is 0 Å². The van der Waals surface area contributed by atoms with Gasteiger partial charge in [0.2, 0.25) is 5.95 Å². The first-order valence-corrected chi connectivity index (χ1v) is 12.4. The van der Waals surface area contributed by atoms with E-state index in [2.05, 4.69) is 39.8 Å². The lowest BCUT2D eigenvalue weighted by Crippen LogP contribution is -2.37. The second-order valence-corrected chi connectivity index (χ2v) is 9.74. The highest BCUT2D eigenvalue weighted by Gasteiger charge is 2.24. The smallest absolute Gasteiger partial charge is 0.225 e. The van der Waals surface area contributed by atoms with Crippen molar-refractivity contribution in [1.29, 1.82) is 0 Å². The van der Waals surface area contributed by atoms with E-state index in [-0.39, 0.29) is 5.82 Å². The molecule has 8 heteroatoms. The van der Waals surface area contributed by atoms with Gasteiger partial charge in [-0.2, -0.15) is 10.1 Å². The molecule has 3 N–H and O–H groups in total. The van der Waals surface area contributed by atoms with Crippen LogP contribution in [0.5, 0.6) is 0 Å². The van der Waals surface area contributed by atoms with E-state index < -0.39 is 0 Å². The molecular formula is C26H34FN7. The van der Waals surface area contributed by atoms with Crippen molar-refractivity contribution in [2.75, 3.05) is 24.3 Å². The summed E-state index contributed by atoms with van der Waals surface area (Å²) in [5.41, 5.74) is 5.46. The molecule has 180 valence electrons. The van der Waals surface area contributed by atoms with E-state index in [1.807, 2.05) is 6.20 Å². The molecule has 1 saturated carbocycles. The van der Waals surface area contributed by atoms with Crippen LogP contribution in [-0.4, -0.2) is 46.3 Å². The molecule has 2 heterocycles. The Morgan fingerprint density at radius 2 is 1.74 bits per heavy atom. The highest BCUT2D eigenvalue weighted by molar-refractivity contribution is 5.62. The number of nitrogens with one attached hydrogen (secondary N) is 3. The molecular weight excluding hydrogens is 429 g/mol. The van der Waals surface area contributed by atoms with E-state index in [4.69, 9.17) is 9.97 Å². The summed E-state index contributed by atoms with van der Waals surface area (Å²) in [7, 11) is 4.14. The molecule has 0 aliphatic heterocycles. The van der Waals surface area contributed by atoms with Crippen LogP contribution in [0.3, 0.4) is 0 Å². The van der Waals surface area contributed by atoms with Gasteiger partial charge in [-0.25, -0.2) is 9.37 Å². The first-order valence-electron chi connectivity index (χ1n) is 12.4. The average molecular weight is 464 g/mol. The van der Waals surface area contributed by atoms with Crippen LogP contribution in [0.15, 0.2) is 30.5 Å². The number of halogens is 1. The van der Waals surface area contributed by atoms with Crippen LogP contribution < -0.4 is 15.5 Å². The number of fused-ring (bicyclic) bond motifs is 1. The largest absolute Gasteiger partial charge is 0.362 e. The maximum Gasteiger partial charge on any atom is 0.225 e. The van der Waals surface area contributed by atoms with Crippen LogP contribution in [0.25, 0.3) is 11.3 Å². The van der Waals surface area contributed by atoms with Crippen molar-refractivity contribution in [3.8, 4) is 11.3 Å². The predicted octanol–water partition coefficient (Wildman–Crippen LogP) is 4.46. The van der Waals surface area contributed by atoms with Crippen molar-refractivity contribution in [3.63, 3.8) is 0 Å². The van der Waals surface area contributed by atoms with Gasteiger partial charge in [0.05, 0.1) is 11.4 Å². The fraction of sp³-hybridized carbons (Fsp3) is 0.500. The summed E-state index contributed by atoms with van der Waals surface area (Å²) in [6.45, 7) is 0.742. The maximum absolute atomic E-state index is 13.3. The lowest BCUT2D eigenvalue weighted by Gasteiger charge is -2.30. The lowest BCUT2D eigenvalue weighted by atomic mass is 9.91. The fourth-order valence-corrected chi connectivity index (χ4v) is 5.19. The van der Waals surface area contributed by atoms with Crippen molar-refractivity contribution < 1.29 is 4.39 Å². The molecule has 7 nitrogen and oxygen atoms in total. The van der Waals surface area contributed by atoms with Gasteiger partial charge in [-0.15, -0.1) is 0 Å². The molecule has 3 aromatic rings. The van der Waals surface area contributed by atoms with E-state index in [9.17, 15) is 4.39 Å². The standard InChI is InChI=1S/C26H34FN7/c1-34(2)25-22-5-3-4-6-23(22)31-26(32-25)30-21-13-11-20(12-14-21)28-15-18-16-29-33-24(18)17-7-9-19(27)10-8-17/h7-10,16,20-21,28H,3-6,11-15H2,1-2H3,(H,29,33)(H,30,31,32)/t20-,21+. The molecule has 1 fully saturated rings. The van der Waals surface area contributed by atoms with Gasteiger partial charge in [0.1, 0.15) is 11.6 Å². The first kappa shape index (κ1) is 22.8. The van der Waals surface area contributed by atoms with Crippen molar-refractivity contribution in [2.45, 2.75) is 70.0 Å². The van der Waals surface area contributed by atoms with Gasteiger partial charge in [0.25, 0.3) is 0 Å². The first-order chi connectivity index (χ1) is 16.6. The molecule has 1 aromatic carbocycles.